The van der Waals surface area contributed by atoms with Gasteiger partial charge >= 0.3 is 12.1 Å². The van der Waals surface area contributed by atoms with Crippen LogP contribution in [0, 0.1) is 6.92 Å². The molecule has 3 heterocycles. The molecule has 154 valence electrons. The monoisotopic (exact) mass is 418 g/mol. The fraction of sp³-hybridized carbons (Fsp3) is 0.471. The lowest BCUT2D eigenvalue weighted by Crippen LogP contribution is -2.35. The summed E-state index contributed by atoms with van der Waals surface area (Å²) in [6, 6.07) is 4.36. The zero-order chi connectivity index (χ0) is 21.1. The SMILES string of the molecule is Cc1ccc(CN2CCn3c(C(=O)N(C)C)cnc3C2)s1.O=C(O)C(F)(F)F. The predicted octanol–water partition coefficient (Wildman–Crippen LogP) is 2.60. The van der Waals surface area contributed by atoms with E-state index in [-0.39, 0.29) is 5.91 Å². The minimum Gasteiger partial charge on any atom is -0.475 e. The molecule has 0 fully saturated rings. The molecule has 0 aliphatic carbocycles. The number of thiophene rings is 1. The van der Waals surface area contributed by atoms with Gasteiger partial charge in [0.2, 0.25) is 0 Å². The number of aliphatic carboxylic acids is 1. The number of aromatic nitrogens is 2. The van der Waals surface area contributed by atoms with Gasteiger partial charge in [-0.25, -0.2) is 9.78 Å². The number of carboxylic acid groups (broad SMARTS) is 1. The van der Waals surface area contributed by atoms with Crippen LogP contribution in [-0.4, -0.2) is 63.2 Å². The second-order valence-corrected chi connectivity index (χ2v) is 7.81. The molecule has 0 atom stereocenters. The van der Waals surface area contributed by atoms with Crippen molar-refractivity contribution in [3.8, 4) is 0 Å². The van der Waals surface area contributed by atoms with Gasteiger partial charge in [0.25, 0.3) is 5.91 Å². The zero-order valence-corrected chi connectivity index (χ0v) is 16.5. The Balaban J connectivity index is 0.000000345. The van der Waals surface area contributed by atoms with E-state index in [0.717, 1.165) is 32.0 Å². The second kappa shape index (κ2) is 8.74. The molecule has 1 amide bonds. The summed E-state index contributed by atoms with van der Waals surface area (Å²) in [5, 5.41) is 7.12. The highest BCUT2D eigenvalue weighted by Gasteiger charge is 2.38. The highest BCUT2D eigenvalue weighted by molar-refractivity contribution is 7.11. The number of fused-ring (bicyclic) bond motifs is 1. The zero-order valence-electron chi connectivity index (χ0n) is 15.7. The third kappa shape index (κ3) is 5.55. The maximum absolute atomic E-state index is 12.1. The van der Waals surface area contributed by atoms with Crippen LogP contribution >= 0.6 is 11.3 Å². The molecule has 1 aliphatic rings. The topological polar surface area (TPSA) is 78.7 Å². The van der Waals surface area contributed by atoms with Crippen molar-refractivity contribution in [2.75, 3.05) is 20.6 Å². The van der Waals surface area contributed by atoms with E-state index in [9.17, 15) is 18.0 Å². The van der Waals surface area contributed by atoms with Crippen molar-refractivity contribution in [3.05, 3.63) is 39.6 Å². The number of halogens is 3. The van der Waals surface area contributed by atoms with E-state index in [1.54, 1.807) is 25.2 Å². The third-order valence-electron chi connectivity index (χ3n) is 3.99. The number of imidazole rings is 1. The summed E-state index contributed by atoms with van der Waals surface area (Å²) in [5.74, 6) is -1.75. The Morgan fingerprint density at radius 3 is 2.43 bits per heavy atom. The van der Waals surface area contributed by atoms with Crippen LogP contribution in [-0.2, 0) is 24.4 Å². The Bertz CT molecular complexity index is 845. The lowest BCUT2D eigenvalue weighted by molar-refractivity contribution is -0.192. The van der Waals surface area contributed by atoms with Crippen LogP contribution in [0.1, 0.15) is 26.1 Å². The molecule has 7 nitrogen and oxygen atoms in total. The summed E-state index contributed by atoms with van der Waals surface area (Å²) in [5.41, 5.74) is 0.696. The van der Waals surface area contributed by atoms with Crippen LogP contribution in [0.4, 0.5) is 13.2 Å². The van der Waals surface area contributed by atoms with Crippen LogP contribution in [0.3, 0.4) is 0 Å². The van der Waals surface area contributed by atoms with Crippen LogP contribution in [0.2, 0.25) is 0 Å². The minimum atomic E-state index is -5.08. The van der Waals surface area contributed by atoms with Crippen molar-refractivity contribution >= 4 is 23.2 Å². The molecule has 1 aliphatic heterocycles. The molecule has 2 aromatic heterocycles. The van der Waals surface area contributed by atoms with Gasteiger partial charge in [-0.3, -0.25) is 9.69 Å². The fourth-order valence-electron chi connectivity index (χ4n) is 2.64. The molecule has 0 spiro atoms. The Kier molecular flexibility index (Phi) is 6.83. The van der Waals surface area contributed by atoms with E-state index in [2.05, 4.69) is 33.5 Å². The summed E-state index contributed by atoms with van der Waals surface area (Å²) < 4.78 is 33.8. The van der Waals surface area contributed by atoms with Gasteiger partial charge in [0.05, 0.1) is 12.7 Å². The standard InChI is InChI=1S/C15H20N4OS.C2HF3O2/c1-11-4-5-12(21-11)9-18-6-7-19-13(15(20)17(2)3)8-16-14(19)10-18;3-2(4,5)1(6)7/h4-5,8H,6-7,9-10H2,1-3H3;(H,6,7). The quantitative estimate of drug-likeness (QED) is 0.829. The van der Waals surface area contributed by atoms with Gasteiger partial charge in [-0.1, -0.05) is 0 Å². The molecular formula is C17H21F3N4O3S. The fourth-order valence-corrected chi connectivity index (χ4v) is 3.57. The minimum absolute atomic E-state index is 0.0241. The number of amides is 1. The summed E-state index contributed by atoms with van der Waals surface area (Å²) >= 11 is 1.85. The first kappa shape index (κ1) is 21.9. The average molecular weight is 418 g/mol. The van der Waals surface area contributed by atoms with Gasteiger partial charge in [-0.2, -0.15) is 13.2 Å². The molecular weight excluding hydrogens is 397 g/mol. The smallest absolute Gasteiger partial charge is 0.475 e. The van der Waals surface area contributed by atoms with E-state index >= 15 is 0 Å². The number of hydrogen-bond donors (Lipinski definition) is 1. The molecule has 3 rings (SSSR count). The first-order valence-corrected chi connectivity index (χ1v) is 9.14. The van der Waals surface area contributed by atoms with Crippen molar-refractivity contribution in [2.24, 2.45) is 0 Å². The molecule has 0 bridgehead atoms. The van der Waals surface area contributed by atoms with Crippen LogP contribution in [0.25, 0.3) is 0 Å². The summed E-state index contributed by atoms with van der Waals surface area (Å²) in [6.07, 6.45) is -3.38. The molecule has 2 aromatic rings. The summed E-state index contributed by atoms with van der Waals surface area (Å²) in [7, 11) is 3.55. The molecule has 0 aromatic carbocycles. The van der Waals surface area contributed by atoms with E-state index in [1.807, 2.05) is 11.3 Å². The first-order valence-electron chi connectivity index (χ1n) is 8.33. The molecule has 0 radical (unpaired) electrons. The summed E-state index contributed by atoms with van der Waals surface area (Å²) in [6.45, 7) is 5.68. The first-order chi connectivity index (χ1) is 13.0. The Morgan fingerprint density at radius 2 is 1.93 bits per heavy atom. The molecule has 28 heavy (non-hydrogen) atoms. The Labute approximate surface area is 164 Å². The van der Waals surface area contributed by atoms with Crippen LogP contribution < -0.4 is 0 Å². The predicted molar refractivity (Wildman–Crippen MR) is 97.1 cm³/mol. The molecule has 0 unspecified atom stereocenters. The number of rotatable bonds is 3. The van der Waals surface area contributed by atoms with Crippen LogP contribution in [0.5, 0.6) is 0 Å². The van der Waals surface area contributed by atoms with Gasteiger partial charge in [0.15, 0.2) is 0 Å². The molecule has 0 saturated heterocycles. The van der Waals surface area contributed by atoms with Crippen molar-refractivity contribution in [2.45, 2.75) is 32.7 Å². The van der Waals surface area contributed by atoms with Gasteiger partial charge in [-0.05, 0) is 19.1 Å². The van der Waals surface area contributed by atoms with E-state index in [4.69, 9.17) is 9.90 Å². The number of nitrogens with zero attached hydrogens (tertiary/aromatic N) is 4. The number of hydrogen-bond acceptors (Lipinski definition) is 5. The van der Waals surface area contributed by atoms with E-state index in [0.29, 0.717) is 5.69 Å². The second-order valence-electron chi connectivity index (χ2n) is 6.44. The highest BCUT2D eigenvalue weighted by atomic mass is 32.1. The Morgan fingerprint density at radius 1 is 1.29 bits per heavy atom. The van der Waals surface area contributed by atoms with E-state index in [1.165, 1.54) is 9.75 Å². The largest absolute Gasteiger partial charge is 0.490 e. The molecule has 11 heteroatoms. The average Bonchev–Trinajstić information content (AvgIpc) is 3.19. The number of carbonyl (C=O) groups is 2. The lowest BCUT2D eigenvalue weighted by Gasteiger charge is -2.28. The number of carbonyl (C=O) groups excluding carboxylic acids is 1. The maximum atomic E-state index is 12.1. The third-order valence-corrected chi connectivity index (χ3v) is 4.97. The maximum Gasteiger partial charge on any atom is 0.490 e. The van der Waals surface area contributed by atoms with Crippen molar-refractivity contribution < 1.29 is 27.9 Å². The summed E-state index contributed by atoms with van der Waals surface area (Å²) in [4.78, 5) is 32.2. The van der Waals surface area contributed by atoms with Crippen molar-refractivity contribution in [3.63, 3.8) is 0 Å². The number of aryl methyl sites for hydroxylation is 1. The Hall–Kier alpha value is -2.40. The van der Waals surface area contributed by atoms with Crippen molar-refractivity contribution in [1.82, 2.24) is 19.4 Å². The van der Waals surface area contributed by atoms with Gasteiger partial charge in [0, 0.05) is 43.5 Å². The molecule has 1 N–H and O–H groups in total. The van der Waals surface area contributed by atoms with Gasteiger partial charge < -0.3 is 14.6 Å². The van der Waals surface area contributed by atoms with E-state index < -0.39 is 12.1 Å². The molecule has 0 saturated carbocycles. The normalized spacial score (nSPS) is 14.1. The van der Waals surface area contributed by atoms with Gasteiger partial charge in [0.1, 0.15) is 11.5 Å². The highest BCUT2D eigenvalue weighted by Crippen LogP contribution is 2.21. The lowest BCUT2D eigenvalue weighted by atomic mass is 10.3. The van der Waals surface area contributed by atoms with Crippen LogP contribution in [0.15, 0.2) is 18.3 Å². The van der Waals surface area contributed by atoms with Gasteiger partial charge in [-0.15, -0.1) is 11.3 Å². The van der Waals surface area contributed by atoms with Crippen molar-refractivity contribution in [1.29, 1.82) is 0 Å². The number of carboxylic acids is 1. The number of alkyl halides is 3.